The summed E-state index contributed by atoms with van der Waals surface area (Å²) in [5, 5.41) is 8.08. The average Bonchev–Trinajstić information content (AvgIpc) is 3.42. The lowest BCUT2D eigenvalue weighted by molar-refractivity contribution is 0.0681. The van der Waals surface area contributed by atoms with Crippen molar-refractivity contribution in [1.29, 1.82) is 0 Å². The second-order valence-corrected chi connectivity index (χ2v) is 7.18. The van der Waals surface area contributed by atoms with Crippen molar-refractivity contribution in [2.75, 3.05) is 26.2 Å². The molecule has 0 spiro atoms. The zero-order valence-corrected chi connectivity index (χ0v) is 16.2. The van der Waals surface area contributed by atoms with Crippen molar-refractivity contribution >= 4 is 5.91 Å². The monoisotopic (exact) mass is 378 g/mol. The lowest BCUT2D eigenvalue weighted by Gasteiger charge is -2.32. The molecule has 2 aromatic heterocycles. The van der Waals surface area contributed by atoms with Crippen LogP contribution in [0.4, 0.5) is 0 Å². The molecule has 4 rings (SSSR count). The number of amides is 1. The van der Waals surface area contributed by atoms with E-state index >= 15 is 0 Å². The molecule has 28 heavy (non-hydrogen) atoms. The number of nitrogens with one attached hydrogen (secondary N) is 1. The Bertz CT molecular complexity index is 894. The van der Waals surface area contributed by atoms with Crippen LogP contribution in [0, 0.1) is 5.92 Å². The summed E-state index contributed by atoms with van der Waals surface area (Å²) in [6.07, 6.45) is 3.68. The van der Waals surface area contributed by atoms with Gasteiger partial charge in [0.1, 0.15) is 11.4 Å². The van der Waals surface area contributed by atoms with Gasteiger partial charge in [0.25, 0.3) is 5.91 Å². The molecule has 0 saturated carbocycles. The number of piperidine rings is 1. The number of rotatable bonds is 6. The summed E-state index contributed by atoms with van der Waals surface area (Å²) >= 11 is 0. The molecule has 0 aliphatic carbocycles. The minimum Gasteiger partial charge on any atom is -0.463 e. The first-order chi connectivity index (χ1) is 13.8. The van der Waals surface area contributed by atoms with Gasteiger partial charge in [-0.2, -0.15) is 5.10 Å². The zero-order valence-electron chi connectivity index (χ0n) is 16.2. The maximum atomic E-state index is 13.3. The van der Waals surface area contributed by atoms with E-state index < -0.39 is 0 Å². The summed E-state index contributed by atoms with van der Waals surface area (Å²) in [5.74, 6) is 1.32. The molecule has 1 saturated heterocycles. The predicted octanol–water partition coefficient (Wildman–Crippen LogP) is 3.59. The minimum atomic E-state index is 0.0241. The van der Waals surface area contributed by atoms with Gasteiger partial charge in [0.2, 0.25) is 0 Å². The van der Waals surface area contributed by atoms with E-state index in [0.717, 1.165) is 44.7 Å². The van der Waals surface area contributed by atoms with Crippen LogP contribution in [0.2, 0.25) is 0 Å². The fraction of sp³-hybridized carbons (Fsp3) is 0.364. The Kier molecular flexibility index (Phi) is 5.58. The van der Waals surface area contributed by atoms with E-state index in [1.807, 2.05) is 53.4 Å². The van der Waals surface area contributed by atoms with E-state index in [-0.39, 0.29) is 5.91 Å². The number of hydrogen-bond acceptors (Lipinski definition) is 4. The highest BCUT2D eigenvalue weighted by Crippen LogP contribution is 2.25. The summed E-state index contributed by atoms with van der Waals surface area (Å²) in [6.45, 7) is 5.71. The van der Waals surface area contributed by atoms with Crippen molar-refractivity contribution in [2.45, 2.75) is 19.8 Å². The first-order valence-electron chi connectivity index (χ1n) is 9.95. The molecular weight excluding hydrogens is 352 g/mol. The number of carbonyl (C=O) groups excluding carboxylic acids is 1. The molecule has 6 nitrogen and oxygen atoms in total. The standard InChI is InChI=1S/C22H26N4O2/c1-2-23-16-17-10-12-25(13-11-17)22(27)20-15-19(21-9-6-14-28-21)24-26(20)18-7-4-3-5-8-18/h3-9,14-15,17,23H,2,10-13,16H2,1H3. The van der Waals surface area contributed by atoms with Crippen molar-refractivity contribution < 1.29 is 9.21 Å². The van der Waals surface area contributed by atoms with Crippen LogP contribution in [0.25, 0.3) is 17.1 Å². The maximum Gasteiger partial charge on any atom is 0.272 e. The largest absolute Gasteiger partial charge is 0.463 e. The summed E-state index contributed by atoms with van der Waals surface area (Å²) in [5.41, 5.74) is 2.10. The van der Waals surface area contributed by atoms with Gasteiger partial charge < -0.3 is 14.6 Å². The van der Waals surface area contributed by atoms with E-state index in [1.165, 1.54) is 0 Å². The van der Waals surface area contributed by atoms with Crippen molar-refractivity contribution in [1.82, 2.24) is 20.0 Å². The summed E-state index contributed by atoms with van der Waals surface area (Å²) in [7, 11) is 0. The van der Waals surface area contributed by atoms with E-state index in [1.54, 1.807) is 10.9 Å². The normalized spacial score (nSPS) is 15.1. The first kappa shape index (κ1) is 18.5. The molecule has 1 aromatic carbocycles. The Hall–Kier alpha value is -2.86. The molecule has 0 unspecified atom stereocenters. The van der Waals surface area contributed by atoms with Crippen LogP contribution in [-0.4, -0.2) is 46.8 Å². The van der Waals surface area contributed by atoms with Crippen molar-refractivity contribution in [3.63, 3.8) is 0 Å². The van der Waals surface area contributed by atoms with Gasteiger partial charge >= 0.3 is 0 Å². The van der Waals surface area contributed by atoms with Crippen molar-refractivity contribution in [3.05, 3.63) is 60.5 Å². The van der Waals surface area contributed by atoms with E-state index in [0.29, 0.717) is 23.1 Å². The maximum absolute atomic E-state index is 13.3. The predicted molar refractivity (Wildman–Crippen MR) is 108 cm³/mol. The quantitative estimate of drug-likeness (QED) is 0.712. The van der Waals surface area contributed by atoms with Gasteiger partial charge in [0.15, 0.2) is 5.76 Å². The second-order valence-electron chi connectivity index (χ2n) is 7.18. The lowest BCUT2D eigenvalue weighted by atomic mass is 9.96. The number of likely N-dealkylation sites (tertiary alicyclic amines) is 1. The number of para-hydroxylation sites is 1. The van der Waals surface area contributed by atoms with E-state index in [4.69, 9.17) is 4.42 Å². The minimum absolute atomic E-state index is 0.0241. The summed E-state index contributed by atoms with van der Waals surface area (Å²) in [6, 6.07) is 15.3. The third kappa shape index (κ3) is 3.87. The molecule has 1 aliphatic rings. The number of hydrogen-bond donors (Lipinski definition) is 1. The van der Waals surface area contributed by atoms with Crippen LogP contribution in [0.5, 0.6) is 0 Å². The van der Waals surface area contributed by atoms with Crippen LogP contribution >= 0.6 is 0 Å². The smallest absolute Gasteiger partial charge is 0.272 e. The summed E-state index contributed by atoms with van der Waals surface area (Å²) in [4.78, 5) is 15.3. The van der Waals surface area contributed by atoms with Gasteiger partial charge in [0.05, 0.1) is 12.0 Å². The van der Waals surface area contributed by atoms with Crippen molar-refractivity contribution in [3.8, 4) is 17.1 Å². The number of carbonyl (C=O) groups is 1. The van der Waals surface area contributed by atoms with Gasteiger partial charge in [-0.1, -0.05) is 25.1 Å². The molecule has 3 heterocycles. The fourth-order valence-electron chi connectivity index (χ4n) is 3.69. The van der Waals surface area contributed by atoms with Crippen LogP contribution in [0.3, 0.4) is 0 Å². The molecule has 1 N–H and O–H groups in total. The third-order valence-electron chi connectivity index (χ3n) is 5.29. The van der Waals surface area contributed by atoms with Crippen LogP contribution in [0.15, 0.2) is 59.2 Å². The van der Waals surface area contributed by atoms with E-state index in [9.17, 15) is 4.79 Å². The SMILES string of the molecule is CCNCC1CCN(C(=O)c2cc(-c3ccco3)nn2-c2ccccc2)CC1. The van der Waals surface area contributed by atoms with Gasteiger partial charge in [-0.3, -0.25) is 4.79 Å². The number of benzene rings is 1. The number of furan rings is 1. The highest BCUT2D eigenvalue weighted by atomic mass is 16.3. The molecule has 6 heteroatoms. The second kappa shape index (κ2) is 8.44. The van der Waals surface area contributed by atoms with Crippen LogP contribution in [-0.2, 0) is 0 Å². The Morgan fingerprint density at radius 3 is 2.64 bits per heavy atom. The summed E-state index contributed by atoms with van der Waals surface area (Å²) < 4.78 is 7.22. The third-order valence-corrected chi connectivity index (χ3v) is 5.29. The number of nitrogens with zero attached hydrogens (tertiary/aromatic N) is 3. The topological polar surface area (TPSA) is 63.3 Å². The van der Waals surface area contributed by atoms with Crippen molar-refractivity contribution in [2.24, 2.45) is 5.92 Å². The molecule has 0 atom stereocenters. The van der Waals surface area contributed by atoms with Gasteiger partial charge in [-0.05, 0) is 56.1 Å². The molecule has 1 aliphatic heterocycles. The Labute approximate surface area is 165 Å². The fourth-order valence-corrected chi connectivity index (χ4v) is 3.69. The molecule has 146 valence electrons. The molecule has 3 aromatic rings. The van der Waals surface area contributed by atoms with Gasteiger partial charge in [-0.25, -0.2) is 4.68 Å². The Morgan fingerprint density at radius 2 is 1.96 bits per heavy atom. The van der Waals surface area contributed by atoms with E-state index in [2.05, 4.69) is 17.3 Å². The first-order valence-corrected chi connectivity index (χ1v) is 9.95. The highest BCUT2D eigenvalue weighted by molar-refractivity contribution is 5.94. The lowest BCUT2D eigenvalue weighted by Crippen LogP contribution is -2.41. The van der Waals surface area contributed by atoms with Crippen LogP contribution in [0.1, 0.15) is 30.3 Å². The Morgan fingerprint density at radius 1 is 1.18 bits per heavy atom. The molecule has 1 fully saturated rings. The average molecular weight is 378 g/mol. The Balaban J connectivity index is 1.59. The van der Waals surface area contributed by atoms with Crippen LogP contribution < -0.4 is 5.32 Å². The molecular formula is C22H26N4O2. The zero-order chi connectivity index (χ0) is 19.3. The molecule has 1 amide bonds. The van der Waals surface area contributed by atoms with Gasteiger partial charge in [-0.15, -0.1) is 0 Å². The molecule has 0 radical (unpaired) electrons. The molecule has 0 bridgehead atoms. The number of aromatic nitrogens is 2. The highest BCUT2D eigenvalue weighted by Gasteiger charge is 2.27. The van der Waals surface area contributed by atoms with Gasteiger partial charge in [0, 0.05) is 19.2 Å².